The average molecular weight is 935 g/mol. The highest BCUT2D eigenvalue weighted by atomic mass is 32.2. The van der Waals surface area contributed by atoms with Crippen LogP contribution in [-0.2, 0) is 38.7 Å². The van der Waals surface area contributed by atoms with Crippen molar-refractivity contribution in [2.24, 2.45) is 0 Å². The van der Waals surface area contributed by atoms with E-state index in [1.165, 1.54) is 180 Å². The van der Waals surface area contributed by atoms with Crippen molar-refractivity contribution in [3.63, 3.8) is 0 Å². The maximum absolute atomic E-state index is 12.9. The van der Waals surface area contributed by atoms with Crippen molar-refractivity contribution in [3.05, 3.63) is 0 Å². The van der Waals surface area contributed by atoms with Gasteiger partial charge in [0.1, 0.15) is 36.8 Å². The summed E-state index contributed by atoms with van der Waals surface area (Å²) in [4.78, 5) is 25.5. The number of hydrogen-bond acceptors (Lipinski definition) is 11. The van der Waals surface area contributed by atoms with Crippen molar-refractivity contribution in [3.8, 4) is 0 Å². The van der Waals surface area contributed by atoms with Gasteiger partial charge in [0.25, 0.3) is 10.1 Å². The van der Waals surface area contributed by atoms with Gasteiger partial charge in [-0.15, -0.1) is 0 Å². The van der Waals surface area contributed by atoms with Crippen LogP contribution in [0.25, 0.3) is 0 Å². The van der Waals surface area contributed by atoms with Crippen LogP contribution in [0.15, 0.2) is 0 Å². The monoisotopic (exact) mass is 935 g/mol. The molecule has 2 unspecified atom stereocenters. The van der Waals surface area contributed by atoms with E-state index in [0.717, 1.165) is 38.5 Å². The maximum atomic E-state index is 12.9. The zero-order valence-electron chi connectivity index (χ0n) is 40.9. The van der Waals surface area contributed by atoms with E-state index in [1.807, 2.05) is 0 Å². The van der Waals surface area contributed by atoms with Crippen molar-refractivity contribution in [2.75, 3.05) is 19.0 Å². The molecule has 1 saturated heterocycles. The zero-order valence-corrected chi connectivity index (χ0v) is 41.7. The molecule has 64 heavy (non-hydrogen) atoms. The molecule has 12 nitrogen and oxygen atoms in total. The van der Waals surface area contributed by atoms with Crippen LogP contribution in [0.2, 0.25) is 0 Å². The number of rotatable bonds is 46. The van der Waals surface area contributed by atoms with Crippen molar-refractivity contribution in [1.29, 1.82) is 0 Å². The van der Waals surface area contributed by atoms with Gasteiger partial charge in [0.05, 0.1) is 6.61 Å². The summed E-state index contributed by atoms with van der Waals surface area (Å²) in [5, 5.41) is 31.0. The molecule has 1 fully saturated rings. The van der Waals surface area contributed by atoms with Crippen LogP contribution >= 0.6 is 0 Å². The molecular weight excluding hydrogens is 837 g/mol. The summed E-state index contributed by atoms with van der Waals surface area (Å²) >= 11 is 0. The van der Waals surface area contributed by atoms with Gasteiger partial charge < -0.3 is 34.3 Å². The fraction of sp³-hybridized carbons (Fsp3) is 0.961. The van der Waals surface area contributed by atoms with Crippen molar-refractivity contribution in [1.82, 2.24) is 0 Å². The Labute approximate surface area is 391 Å². The van der Waals surface area contributed by atoms with Crippen LogP contribution in [0.1, 0.15) is 258 Å². The van der Waals surface area contributed by atoms with E-state index in [-0.39, 0.29) is 19.4 Å². The average Bonchev–Trinajstić information content (AvgIpc) is 3.26. The van der Waals surface area contributed by atoms with E-state index in [0.29, 0.717) is 12.8 Å². The second-order valence-electron chi connectivity index (χ2n) is 18.9. The molecule has 0 bridgehead atoms. The van der Waals surface area contributed by atoms with Gasteiger partial charge in [-0.05, 0) is 12.8 Å². The Morgan fingerprint density at radius 3 is 1.14 bits per heavy atom. The lowest BCUT2D eigenvalue weighted by atomic mass is 10.00. The summed E-state index contributed by atoms with van der Waals surface area (Å²) in [6.07, 6.45) is 35.7. The molecule has 0 radical (unpaired) electrons. The second kappa shape index (κ2) is 41.8. The molecule has 1 aliphatic heterocycles. The van der Waals surface area contributed by atoms with Gasteiger partial charge in [0, 0.05) is 12.8 Å². The number of unbranched alkanes of at least 4 members (excludes halogenated alkanes) is 34. The van der Waals surface area contributed by atoms with Gasteiger partial charge in [0.15, 0.2) is 12.4 Å². The molecule has 380 valence electrons. The minimum atomic E-state index is -4.60. The molecule has 0 aliphatic carbocycles. The van der Waals surface area contributed by atoms with Gasteiger partial charge in [-0.25, -0.2) is 0 Å². The largest absolute Gasteiger partial charge is 0.462 e. The van der Waals surface area contributed by atoms with E-state index >= 15 is 0 Å². The third kappa shape index (κ3) is 35.8. The first kappa shape index (κ1) is 60.7. The van der Waals surface area contributed by atoms with Gasteiger partial charge in [-0.1, -0.05) is 232 Å². The summed E-state index contributed by atoms with van der Waals surface area (Å²) in [5.41, 5.74) is 0. The number of ether oxygens (including phenoxy) is 4. The minimum Gasteiger partial charge on any atom is -0.462 e. The van der Waals surface area contributed by atoms with Crippen LogP contribution in [0, 0.1) is 0 Å². The first-order chi connectivity index (χ1) is 31.0. The molecule has 1 rings (SSSR count). The maximum Gasteiger partial charge on any atom is 0.306 e. The highest BCUT2D eigenvalue weighted by Crippen LogP contribution is 2.24. The van der Waals surface area contributed by atoms with Crippen LogP contribution in [0.5, 0.6) is 0 Å². The molecule has 4 N–H and O–H groups in total. The molecule has 1 heterocycles. The molecule has 13 heteroatoms. The Balaban J connectivity index is 2.34. The highest BCUT2D eigenvalue weighted by molar-refractivity contribution is 7.85. The smallest absolute Gasteiger partial charge is 0.306 e. The summed E-state index contributed by atoms with van der Waals surface area (Å²) in [5.74, 6) is -1.96. The molecular formula is C51H98O12S. The molecule has 6 atom stereocenters. The Kier molecular flexibility index (Phi) is 39.6. The number of carbonyl (C=O) groups is 2. The predicted molar refractivity (Wildman–Crippen MR) is 257 cm³/mol. The Morgan fingerprint density at radius 1 is 0.469 bits per heavy atom. The standard InChI is InChI=1S/C51H98O12S/c1-3-5-7-9-11-13-15-17-19-21-22-24-25-27-29-31-33-35-37-39-46(52)60-41-44(42-61-51-50(56)49(55)48(54)45(63-51)43-64(57,58)59)62-47(53)40-38-36-34-32-30-28-26-23-20-18-16-14-12-10-8-6-4-2/h44-45,48-51,54-56H,3-43H2,1-2H3,(H,57,58,59)/t44-,45-,48-,49?,50?,51+/m1/s1. The molecule has 1 aliphatic rings. The number of hydrogen-bond donors (Lipinski definition) is 4. The van der Waals surface area contributed by atoms with E-state index in [4.69, 9.17) is 18.9 Å². The first-order valence-electron chi connectivity index (χ1n) is 26.6. The normalized spacial score (nSPS) is 19.5. The molecule has 0 amide bonds. The summed E-state index contributed by atoms with van der Waals surface area (Å²) in [6.45, 7) is 3.82. The summed E-state index contributed by atoms with van der Waals surface area (Å²) < 4.78 is 54.3. The fourth-order valence-corrected chi connectivity index (χ4v) is 9.25. The van der Waals surface area contributed by atoms with Crippen LogP contribution in [0.3, 0.4) is 0 Å². The number of aliphatic hydroxyl groups excluding tert-OH is 3. The van der Waals surface area contributed by atoms with E-state index in [9.17, 15) is 37.9 Å². The minimum absolute atomic E-state index is 0.173. The molecule has 0 spiro atoms. The Hall–Kier alpha value is -1.35. The summed E-state index contributed by atoms with van der Waals surface area (Å²) in [7, 11) is -4.60. The third-order valence-corrected chi connectivity index (χ3v) is 13.4. The van der Waals surface area contributed by atoms with Gasteiger partial charge >= 0.3 is 11.9 Å². The van der Waals surface area contributed by atoms with Crippen LogP contribution < -0.4 is 0 Å². The lowest BCUT2D eigenvalue weighted by Gasteiger charge is -2.40. The highest BCUT2D eigenvalue weighted by Gasteiger charge is 2.46. The SMILES string of the molecule is CCCCCCCCCCCCCCCCCCCCCC(=O)OC[C@H](CO[C@H]1O[C@H](CS(=O)(=O)O)[C@@H](O)C(O)C1O)OC(=O)CCCCCCCCCCCCCCCCCCC. The molecule has 0 aromatic rings. The second-order valence-corrected chi connectivity index (χ2v) is 20.4. The number of carbonyl (C=O) groups excluding carboxylic acids is 2. The van der Waals surface area contributed by atoms with E-state index in [2.05, 4.69) is 13.8 Å². The van der Waals surface area contributed by atoms with E-state index < -0.39 is 71.2 Å². The van der Waals surface area contributed by atoms with Crippen LogP contribution in [-0.4, -0.2) is 96.0 Å². The Bertz CT molecular complexity index is 1190. The lowest BCUT2D eigenvalue weighted by Crippen LogP contribution is -2.60. The van der Waals surface area contributed by atoms with Gasteiger partial charge in [0.2, 0.25) is 0 Å². The fourth-order valence-electron chi connectivity index (χ4n) is 8.56. The zero-order chi connectivity index (χ0) is 46.9. The van der Waals surface area contributed by atoms with Crippen molar-refractivity contribution >= 4 is 22.1 Å². The molecule has 0 saturated carbocycles. The van der Waals surface area contributed by atoms with Gasteiger partial charge in [-0.3, -0.25) is 14.1 Å². The quantitative estimate of drug-likeness (QED) is 0.0257. The predicted octanol–water partition coefficient (Wildman–Crippen LogP) is 12.0. The third-order valence-electron chi connectivity index (χ3n) is 12.7. The van der Waals surface area contributed by atoms with Crippen molar-refractivity contribution in [2.45, 2.75) is 295 Å². The summed E-state index contributed by atoms with van der Waals surface area (Å²) in [6, 6.07) is 0. The number of esters is 2. The first-order valence-corrected chi connectivity index (χ1v) is 28.2. The van der Waals surface area contributed by atoms with Crippen LogP contribution in [0.4, 0.5) is 0 Å². The molecule has 0 aromatic heterocycles. The molecule has 0 aromatic carbocycles. The van der Waals surface area contributed by atoms with E-state index in [1.54, 1.807) is 0 Å². The van der Waals surface area contributed by atoms with Gasteiger partial charge in [-0.2, -0.15) is 8.42 Å². The number of aliphatic hydroxyl groups is 3. The van der Waals surface area contributed by atoms with Crippen molar-refractivity contribution < 1.29 is 56.8 Å². The lowest BCUT2D eigenvalue weighted by molar-refractivity contribution is -0.297. The Morgan fingerprint density at radius 2 is 0.797 bits per heavy atom. The topological polar surface area (TPSA) is 186 Å².